The molecule has 1 aromatic heterocycles. The second-order valence-electron chi connectivity index (χ2n) is 6.09. The lowest BCUT2D eigenvalue weighted by Gasteiger charge is -2.09. The van der Waals surface area contributed by atoms with Gasteiger partial charge in [-0.15, -0.1) is 0 Å². The third kappa shape index (κ3) is 5.31. The molecule has 0 radical (unpaired) electrons. The van der Waals surface area contributed by atoms with E-state index in [4.69, 9.17) is 11.6 Å². The van der Waals surface area contributed by atoms with E-state index in [1.807, 2.05) is 24.3 Å². The average Bonchev–Trinajstić information content (AvgIpc) is 2.67. The van der Waals surface area contributed by atoms with Crippen LogP contribution >= 0.6 is 11.6 Å². The summed E-state index contributed by atoms with van der Waals surface area (Å²) in [7, 11) is 0. The van der Waals surface area contributed by atoms with Gasteiger partial charge in [0.25, 0.3) is 5.91 Å². The minimum absolute atomic E-state index is 0.174. The first kappa shape index (κ1) is 19.4. The maximum absolute atomic E-state index is 12.4. The van der Waals surface area contributed by atoms with Crippen LogP contribution in [0.25, 0.3) is 0 Å². The van der Waals surface area contributed by atoms with Crippen LogP contribution in [0.15, 0.2) is 66.9 Å². The minimum Gasteiger partial charge on any atom is -0.366 e. The number of rotatable bonds is 6. The van der Waals surface area contributed by atoms with Gasteiger partial charge in [-0.2, -0.15) is 0 Å². The van der Waals surface area contributed by atoms with Gasteiger partial charge in [0, 0.05) is 36.1 Å². The Morgan fingerprint density at radius 1 is 0.964 bits per heavy atom. The Labute approximate surface area is 168 Å². The molecule has 2 amide bonds. The Morgan fingerprint density at radius 3 is 2.39 bits per heavy atom. The first-order chi connectivity index (χ1) is 13.5. The van der Waals surface area contributed by atoms with Gasteiger partial charge in [0.2, 0.25) is 5.91 Å². The maximum atomic E-state index is 12.4. The van der Waals surface area contributed by atoms with E-state index in [2.05, 4.69) is 20.9 Å². The van der Waals surface area contributed by atoms with Crippen LogP contribution in [0.4, 0.5) is 17.2 Å². The minimum atomic E-state index is -0.287. The molecule has 0 unspecified atom stereocenters. The van der Waals surface area contributed by atoms with Crippen molar-refractivity contribution in [1.82, 2.24) is 4.98 Å². The number of anilines is 3. The fourth-order valence-electron chi connectivity index (χ4n) is 2.54. The van der Waals surface area contributed by atoms with Gasteiger partial charge in [0.15, 0.2) is 0 Å². The largest absolute Gasteiger partial charge is 0.366 e. The van der Waals surface area contributed by atoms with E-state index >= 15 is 0 Å². The summed E-state index contributed by atoms with van der Waals surface area (Å²) in [5, 5.41) is 9.33. The van der Waals surface area contributed by atoms with Crippen LogP contribution in [0.5, 0.6) is 0 Å². The van der Waals surface area contributed by atoms with Crippen molar-refractivity contribution in [2.75, 3.05) is 16.0 Å². The molecule has 7 heteroatoms. The molecule has 0 saturated heterocycles. The molecule has 0 atom stereocenters. The second-order valence-corrected chi connectivity index (χ2v) is 6.50. The fourth-order valence-corrected chi connectivity index (χ4v) is 2.74. The molecule has 3 rings (SSSR count). The molecule has 0 aliphatic rings. The highest BCUT2D eigenvalue weighted by atomic mass is 35.5. The number of carbonyl (C=O) groups excluding carboxylic acids is 2. The van der Waals surface area contributed by atoms with E-state index in [1.165, 1.54) is 13.1 Å². The topological polar surface area (TPSA) is 83.1 Å². The number of nitrogens with one attached hydrogen (secondary N) is 3. The molecule has 3 N–H and O–H groups in total. The zero-order chi connectivity index (χ0) is 19.9. The predicted molar refractivity (Wildman–Crippen MR) is 112 cm³/mol. The Kier molecular flexibility index (Phi) is 6.24. The van der Waals surface area contributed by atoms with E-state index in [0.717, 1.165) is 5.56 Å². The van der Waals surface area contributed by atoms with Gasteiger partial charge in [-0.25, -0.2) is 4.98 Å². The van der Waals surface area contributed by atoms with E-state index in [9.17, 15) is 9.59 Å². The Bertz CT molecular complexity index is 990. The summed E-state index contributed by atoms with van der Waals surface area (Å²) >= 11 is 6.14. The lowest BCUT2D eigenvalue weighted by Crippen LogP contribution is -2.13. The summed E-state index contributed by atoms with van der Waals surface area (Å²) in [4.78, 5) is 27.8. The third-order valence-corrected chi connectivity index (χ3v) is 4.25. The van der Waals surface area contributed by atoms with Crippen molar-refractivity contribution in [3.8, 4) is 0 Å². The lowest BCUT2D eigenvalue weighted by atomic mass is 10.2. The van der Waals surface area contributed by atoms with Crippen LogP contribution in [-0.4, -0.2) is 16.8 Å². The van der Waals surface area contributed by atoms with E-state index in [0.29, 0.717) is 34.3 Å². The molecule has 1 heterocycles. The number of amides is 2. The summed E-state index contributed by atoms with van der Waals surface area (Å²) in [5.74, 6) is 0.182. The normalized spacial score (nSPS) is 10.2. The summed E-state index contributed by atoms with van der Waals surface area (Å²) < 4.78 is 0. The van der Waals surface area contributed by atoms with Crippen molar-refractivity contribution in [2.24, 2.45) is 0 Å². The molecular formula is C21H19ClN4O2. The molecule has 2 aromatic carbocycles. The Hall–Kier alpha value is -3.38. The standard InChI is InChI=1S/C21H19ClN4O2/c1-14(27)25-17-6-4-7-18(11-17)26-21(28)16-9-10-20(24-13-16)23-12-15-5-2-3-8-19(15)22/h2-11,13H,12H2,1H3,(H,23,24)(H,25,27)(H,26,28). The van der Waals surface area contributed by atoms with Crippen molar-refractivity contribution < 1.29 is 9.59 Å². The van der Waals surface area contributed by atoms with Crippen molar-refractivity contribution in [2.45, 2.75) is 13.5 Å². The maximum Gasteiger partial charge on any atom is 0.257 e. The van der Waals surface area contributed by atoms with Crippen LogP contribution in [0.2, 0.25) is 5.02 Å². The number of nitrogens with zero attached hydrogens (tertiary/aromatic N) is 1. The van der Waals surface area contributed by atoms with Crippen LogP contribution in [0.3, 0.4) is 0 Å². The number of carbonyl (C=O) groups is 2. The number of hydrogen-bond acceptors (Lipinski definition) is 4. The number of benzene rings is 2. The Morgan fingerprint density at radius 2 is 1.71 bits per heavy atom. The monoisotopic (exact) mass is 394 g/mol. The Balaban J connectivity index is 1.61. The van der Waals surface area contributed by atoms with Crippen LogP contribution < -0.4 is 16.0 Å². The molecule has 0 fully saturated rings. The highest BCUT2D eigenvalue weighted by Crippen LogP contribution is 2.18. The molecule has 0 bridgehead atoms. The first-order valence-corrected chi connectivity index (χ1v) is 9.01. The highest BCUT2D eigenvalue weighted by Gasteiger charge is 2.08. The summed E-state index contributed by atoms with van der Waals surface area (Å²) in [6.45, 7) is 1.96. The van der Waals surface area contributed by atoms with Gasteiger partial charge < -0.3 is 16.0 Å². The number of halogens is 1. The molecule has 6 nitrogen and oxygen atoms in total. The van der Waals surface area contributed by atoms with Crippen molar-refractivity contribution in [3.63, 3.8) is 0 Å². The number of pyridine rings is 1. The smallest absolute Gasteiger partial charge is 0.257 e. The molecule has 0 aliphatic heterocycles. The quantitative estimate of drug-likeness (QED) is 0.572. The summed E-state index contributed by atoms with van der Waals surface area (Å²) in [6, 6.07) is 17.9. The molecule has 0 saturated carbocycles. The van der Waals surface area contributed by atoms with Gasteiger partial charge in [-0.05, 0) is 42.0 Å². The number of hydrogen-bond donors (Lipinski definition) is 3. The highest BCUT2D eigenvalue weighted by molar-refractivity contribution is 6.31. The van der Waals surface area contributed by atoms with Crippen molar-refractivity contribution in [3.05, 3.63) is 83.0 Å². The van der Waals surface area contributed by atoms with Crippen LogP contribution in [0.1, 0.15) is 22.8 Å². The van der Waals surface area contributed by atoms with Crippen LogP contribution in [0, 0.1) is 0 Å². The third-order valence-electron chi connectivity index (χ3n) is 3.88. The van der Waals surface area contributed by atoms with Gasteiger partial charge in [-0.1, -0.05) is 35.9 Å². The van der Waals surface area contributed by atoms with Crippen molar-refractivity contribution in [1.29, 1.82) is 0 Å². The molecule has 142 valence electrons. The number of aromatic nitrogens is 1. The van der Waals surface area contributed by atoms with Gasteiger partial charge in [0.05, 0.1) is 5.56 Å². The zero-order valence-corrected chi connectivity index (χ0v) is 16.0. The zero-order valence-electron chi connectivity index (χ0n) is 15.2. The van der Waals surface area contributed by atoms with Crippen LogP contribution in [-0.2, 0) is 11.3 Å². The summed E-state index contributed by atoms with van der Waals surface area (Å²) in [5.41, 5.74) is 2.58. The lowest BCUT2D eigenvalue weighted by molar-refractivity contribution is -0.114. The predicted octanol–water partition coefficient (Wildman–Crippen LogP) is 4.56. The molecule has 28 heavy (non-hydrogen) atoms. The molecular weight excluding hydrogens is 376 g/mol. The summed E-state index contributed by atoms with van der Waals surface area (Å²) in [6.07, 6.45) is 1.50. The molecule has 3 aromatic rings. The SMILES string of the molecule is CC(=O)Nc1cccc(NC(=O)c2ccc(NCc3ccccc3Cl)nc2)c1. The molecule has 0 aliphatic carbocycles. The average molecular weight is 395 g/mol. The van der Waals surface area contributed by atoms with E-state index < -0.39 is 0 Å². The van der Waals surface area contributed by atoms with E-state index in [-0.39, 0.29) is 11.8 Å². The van der Waals surface area contributed by atoms with E-state index in [1.54, 1.807) is 36.4 Å². The molecule has 0 spiro atoms. The van der Waals surface area contributed by atoms with Gasteiger partial charge in [0.1, 0.15) is 5.82 Å². The van der Waals surface area contributed by atoms with Gasteiger partial charge in [-0.3, -0.25) is 9.59 Å². The fraction of sp³-hybridized carbons (Fsp3) is 0.0952. The van der Waals surface area contributed by atoms with Gasteiger partial charge >= 0.3 is 0 Å². The van der Waals surface area contributed by atoms with Crippen molar-refractivity contribution >= 4 is 40.6 Å². The second kappa shape index (κ2) is 9.01. The first-order valence-electron chi connectivity index (χ1n) is 8.63.